The summed E-state index contributed by atoms with van der Waals surface area (Å²) in [5.41, 5.74) is 0. The highest BCUT2D eigenvalue weighted by atomic mass is 16.2. The average molecular weight is 264 g/mol. The van der Waals surface area contributed by atoms with Crippen molar-refractivity contribution in [3.05, 3.63) is 0 Å². The van der Waals surface area contributed by atoms with Gasteiger partial charge in [0.15, 0.2) is 0 Å². The number of amides is 2. The van der Waals surface area contributed by atoms with Crippen LogP contribution in [0.25, 0.3) is 0 Å². The molecule has 3 heterocycles. The Balaban J connectivity index is 1.67. The fourth-order valence-electron chi connectivity index (χ4n) is 4.32. The molecule has 3 saturated heterocycles. The Morgan fingerprint density at radius 3 is 2.11 bits per heavy atom. The smallest absolute Gasteiger partial charge is 0.320 e. The predicted octanol–water partition coefficient (Wildman–Crippen LogP) is 3.49. The number of carbonyl (C=O) groups is 1. The number of likely N-dealkylation sites (tertiary alicyclic amines) is 1. The first-order chi connectivity index (χ1) is 9.16. The molecule has 0 saturated carbocycles. The zero-order chi connectivity index (χ0) is 13.4. The van der Waals surface area contributed by atoms with Crippen LogP contribution in [0.15, 0.2) is 0 Å². The highest BCUT2D eigenvalue weighted by molar-refractivity contribution is 5.75. The molecule has 0 aromatic heterocycles. The van der Waals surface area contributed by atoms with Crippen LogP contribution >= 0.6 is 0 Å². The first kappa shape index (κ1) is 13.3. The Kier molecular flexibility index (Phi) is 3.72. The molecule has 3 aliphatic heterocycles. The molecule has 2 amide bonds. The van der Waals surface area contributed by atoms with Crippen LogP contribution in [0, 0.1) is 11.8 Å². The summed E-state index contributed by atoms with van der Waals surface area (Å²) in [6.45, 7) is 6.66. The Bertz CT molecular complexity index is 322. The van der Waals surface area contributed by atoms with Gasteiger partial charge in [-0.3, -0.25) is 0 Å². The molecule has 0 radical (unpaired) electrons. The lowest BCUT2D eigenvalue weighted by Crippen LogP contribution is -2.53. The summed E-state index contributed by atoms with van der Waals surface area (Å²) >= 11 is 0. The van der Waals surface area contributed by atoms with Gasteiger partial charge in [-0.2, -0.15) is 0 Å². The quantitative estimate of drug-likeness (QED) is 0.711. The zero-order valence-corrected chi connectivity index (χ0v) is 12.5. The molecule has 0 spiro atoms. The minimum Gasteiger partial charge on any atom is -0.325 e. The first-order valence-corrected chi connectivity index (χ1v) is 8.24. The Morgan fingerprint density at radius 1 is 1.00 bits per heavy atom. The second-order valence-corrected chi connectivity index (χ2v) is 7.10. The highest BCUT2D eigenvalue weighted by Crippen LogP contribution is 2.41. The van der Waals surface area contributed by atoms with E-state index < -0.39 is 0 Å². The molecule has 0 aromatic carbocycles. The summed E-state index contributed by atoms with van der Waals surface area (Å²) in [6, 6.07) is 1.44. The monoisotopic (exact) mass is 264 g/mol. The van der Waals surface area contributed by atoms with Crippen LogP contribution in [0.1, 0.15) is 58.8 Å². The van der Waals surface area contributed by atoms with E-state index in [1.807, 2.05) is 0 Å². The third-order valence-electron chi connectivity index (χ3n) is 5.56. The van der Waals surface area contributed by atoms with Crippen molar-refractivity contribution in [1.29, 1.82) is 0 Å². The van der Waals surface area contributed by atoms with Crippen molar-refractivity contribution in [2.75, 3.05) is 13.1 Å². The minimum absolute atomic E-state index is 0.356. The summed E-state index contributed by atoms with van der Waals surface area (Å²) in [6.07, 6.45) is 8.67. The van der Waals surface area contributed by atoms with Crippen molar-refractivity contribution in [2.45, 2.75) is 70.9 Å². The molecule has 3 rings (SSSR count). The van der Waals surface area contributed by atoms with Crippen LogP contribution in [0.2, 0.25) is 0 Å². The van der Waals surface area contributed by atoms with E-state index in [4.69, 9.17) is 0 Å². The summed E-state index contributed by atoms with van der Waals surface area (Å²) in [5.74, 6) is 1.61. The van der Waals surface area contributed by atoms with E-state index in [-0.39, 0.29) is 0 Å². The summed E-state index contributed by atoms with van der Waals surface area (Å²) in [4.78, 5) is 17.1. The van der Waals surface area contributed by atoms with E-state index in [0.29, 0.717) is 18.1 Å². The largest absolute Gasteiger partial charge is 0.325 e. The molecule has 0 aromatic rings. The second kappa shape index (κ2) is 5.34. The van der Waals surface area contributed by atoms with Crippen LogP contribution < -0.4 is 0 Å². The molecule has 108 valence electrons. The van der Waals surface area contributed by atoms with E-state index in [0.717, 1.165) is 24.9 Å². The summed E-state index contributed by atoms with van der Waals surface area (Å²) in [7, 11) is 0. The van der Waals surface area contributed by atoms with Gasteiger partial charge in [0.25, 0.3) is 0 Å². The topological polar surface area (TPSA) is 23.6 Å². The van der Waals surface area contributed by atoms with Gasteiger partial charge in [0.2, 0.25) is 0 Å². The van der Waals surface area contributed by atoms with Gasteiger partial charge < -0.3 is 9.80 Å². The van der Waals surface area contributed by atoms with Crippen molar-refractivity contribution in [3.8, 4) is 0 Å². The number of rotatable bonds is 1. The number of carbonyl (C=O) groups excluding carboxylic acids is 1. The molecule has 0 aliphatic carbocycles. The summed E-state index contributed by atoms with van der Waals surface area (Å²) < 4.78 is 0. The van der Waals surface area contributed by atoms with Crippen molar-refractivity contribution in [1.82, 2.24) is 9.80 Å². The van der Waals surface area contributed by atoms with Gasteiger partial charge in [-0.05, 0) is 56.8 Å². The number of nitrogens with zero attached hydrogens (tertiary/aromatic N) is 2. The van der Waals surface area contributed by atoms with Gasteiger partial charge in [0, 0.05) is 25.2 Å². The zero-order valence-electron chi connectivity index (χ0n) is 12.5. The standard InChI is InChI=1S/C16H28N2O/c1-12(2)13-10-14-6-7-15(11-13)18(14)16(19)17-8-4-3-5-9-17/h12-15H,3-11H2,1-2H3. The van der Waals surface area contributed by atoms with E-state index in [1.165, 1.54) is 44.9 Å². The van der Waals surface area contributed by atoms with Crippen molar-refractivity contribution >= 4 is 6.03 Å². The maximum absolute atomic E-state index is 12.7. The molecule has 2 unspecified atom stereocenters. The number of hydrogen-bond donors (Lipinski definition) is 0. The van der Waals surface area contributed by atoms with Gasteiger partial charge >= 0.3 is 6.03 Å². The van der Waals surface area contributed by atoms with Gasteiger partial charge in [-0.25, -0.2) is 4.79 Å². The van der Waals surface area contributed by atoms with Crippen LogP contribution in [0.4, 0.5) is 4.79 Å². The predicted molar refractivity (Wildman–Crippen MR) is 77.0 cm³/mol. The molecule has 0 N–H and O–H groups in total. The fraction of sp³-hybridized carbons (Fsp3) is 0.938. The second-order valence-electron chi connectivity index (χ2n) is 7.10. The number of piperidine rings is 2. The Hall–Kier alpha value is -0.730. The van der Waals surface area contributed by atoms with Crippen LogP contribution in [0.5, 0.6) is 0 Å². The third-order valence-corrected chi connectivity index (χ3v) is 5.56. The Labute approximate surface area is 117 Å². The molecule has 19 heavy (non-hydrogen) atoms. The number of fused-ring (bicyclic) bond motifs is 2. The lowest BCUT2D eigenvalue weighted by molar-refractivity contribution is 0.0777. The Morgan fingerprint density at radius 2 is 1.58 bits per heavy atom. The minimum atomic E-state index is 0.356. The average Bonchev–Trinajstić information content (AvgIpc) is 2.68. The van der Waals surface area contributed by atoms with E-state index in [9.17, 15) is 4.79 Å². The van der Waals surface area contributed by atoms with Crippen molar-refractivity contribution < 1.29 is 4.79 Å². The molecule has 3 nitrogen and oxygen atoms in total. The SMILES string of the molecule is CC(C)C1CC2CCC(C1)N2C(=O)N1CCCCC1. The molecule has 2 atom stereocenters. The lowest BCUT2D eigenvalue weighted by atomic mass is 9.83. The van der Waals surface area contributed by atoms with E-state index >= 15 is 0 Å². The van der Waals surface area contributed by atoms with Gasteiger partial charge in [-0.1, -0.05) is 13.8 Å². The summed E-state index contributed by atoms with van der Waals surface area (Å²) in [5, 5.41) is 0. The fourth-order valence-corrected chi connectivity index (χ4v) is 4.32. The molecule has 2 bridgehead atoms. The van der Waals surface area contributed by atoms with Gasteiger partial charge in [0.1, 0.15) is 0 Å². The molecule has 3 heteroatoms. The van der Waals surface area contributed by atoms with Crippen LogP contribution in [-0.2, 0) is 0 Å². The lowest BCUT2D eigenvalue weighted by Gasteiger charge is -2.43. The molecule has 3 aliphatic rings. The number of urea groups is 1. The number of hydrogen-bond acceptors (Lipinski definition) is 1. The highest BCUT2D eigenvalue weighted by Gasteiger charge is 2.44. The first-order valence-electron chi connectivity index (χ1n) is 8.24. The third kappa shape index (κ3) is 2.48. The normalized spacial score (nSPS) is 35.0. The van der Waals surface area contributed by atoms with E-state index in [1.54, 1.807) is 0 Å². The molecular formula is C16H28N2O. The van der Waals surface area contributed by atoms with Gasteiger partial charge in [-0.15, -0.1) is 0 Å². The van der Waals surface area contributed by atoms with Crippen molar-refractivity contribution in [2.24, 2.45) is 11.8 Å². The van der Waals surface area contributed by atoms with E-state index in [2.05, 4.69) is 23.6 Å². The van der Waals surface area contributed by atoms with Crippen LogP contribution in [0.3, 0.4) is 0 Å². The van der Waals surface area contributed by atoms with Crippen molar-refractivity contribution in [3.63, 3.8) is 0 Å². The maximum atomic E-state index is 12.7. The molecule has 3 fully saturated rings. The van der Waals surface area contributed by atoms with Gasteiger partial charge in [0.05, 0.1) is 0 Å². The molecular weight excluding hydrogens is 236 g/mol. The van der Waals surface area contributed by atoms with Crippen LogP contribution in [-0.4, -0.2) is 41.0 Å². The maximum Gasteiger partial charge on any atom is 0.320 e.